The van der Waals surface area contributed by atoms with Crippen molar-refractivity contribution in [3.05, 3.63) is 46.3 Å². The van der Waals surface area contributed by atoms with Gasteiger partial charge in [0.25, 0.3) is 5.91 Å². The minimum atomic E-state index is -0.986. The summed E-state index contributed by atoms with van der Waals surface area (Å²) < 4.78 is 10.6. The molecule has 0 fully saturated rings. The first-order valence-corrected chi connectivity index (χ1v) is 9.17. The number of esters is 1. The van der Waals surface area contributed by atoms with Gasteiger partial charge in [-0.3, -0.25) is 4.79 Å². The van der Waals surface area contributed by atoms with Crippen LogP contribution in [0.3, 0.4) is 0 Å². The van der Waals surface area contributed by atoms with Gasteiger partial charge < -0.3 is 14.8 Å². The van der Waals surface area contributed by atoms with Gasteiger partial charge in [-0.05, 0) is 60.9 Å². The van der Waals surface area contributed by atoms with Crippen molar-refractivity contribution in [3.8, 4) is 11.8 Å². The Balaban J connectivity index is 1.48. The molecule has 134 valence electrons. The third-order valence-corrected chi connectivity index (χ3v) is 4.96. The molecule has 7 heteroatoms. The van der Waals surface area contributed by atoms with E-state index in [1.165, 1.54) is 29.4 Å². The number of anilines is 1. The quantitative estimate of drug-likeness (QED) is 0.790. The summed E-state index contributed by atoms with van der Waals surface area (Å²) in [5.74, 6) is -0.494. The van der Waals surface area contributed by atoms with Crippen molar-refractivity contribution in [3.63, 3.8) is 0 Å². The number of benzene rings is 1. The number of thiophene rings is 1. The van der Waals surface area contributed by atoms with Gasteiger partial charge in [0.1, 0.15) is 16.8 Å². The number of carbonyl (C=O) groups is 2. The molecule has 0 unspecified atom stereocenters. The molecule has 1 aliphatic rings. The first-order chi connectivity index (χ1) is 12.6. The van der Waals surface area contributed by atoms with Crippen molar-refractivity contribution >= 4 is 28.2 Å². The molecule has 1 N–H and O–H groups in total. The maximum atomic E-state index is 12.1. The Morgan fingerprint density at radius 2 is 2.12 bits per heavy atom. The highest BCUT2D eigenvalue weighted by molar-refractivity contribution is 7.14. The van der Waals surface area contributed by atoms with Crippen molar-refractivity contribution < 1.29 is 19.1 Å². The Kier molecular flexibility index (Phi) is 5.54. The summed E-state index contributed by atoms with van der Waals surface area (Å²) in [6, 6.07) is 9.41. The van der Waals surface area contributed by atoms with Gasteiger partial charge in [-0.2, -0.15) is 5.26 Å². The summed E-state index contributed by atoms with van der Waals surface area (Å²) in [7, 11) is 0. The number of nitrogens with zero attached hydrogens (tertiary/aromatic N) is 1. The van der Waals surface area contributed by atoms with Crippen molar-refractivity contribution in [1.29, 1.82) is 5.26 Å². The average Bonchev–Trinajstić information content (AvgIpc) is 3.27. The van der Waals surface area contributed by atoms with Gasteiger partial charge in [-0.1, -0.05) is 6.07 Å². The molecule has 0 bridgehead atoms. The average molecular weight is 370 g/mol. The number of carbonyl (C=O) groups excluding carboxylic acids is 2. The van der Waals surface area contributed by atoms with E-state index in [0.717, 1.165) is 19.3 Å². The Labute approximate surface area is 155 Å². The Morgan fingerprint density at radius 1 is 1.31 bits per heavy atom. The molecule has 1 aromatic heterocycles. The molecule has 2 aromatic rings. The predicted octanol–water partition coefficient (Wildman–Crippen LogP) is 3.06. The van der Waals surface area contributed by atoms with Crippen molar-refractivity contribution in [2.24, 2.45) is 0 Å². The Hall–Kier alpha value is -2.85. The molecule has 1 aromatic carbocycles. The number of aryl methyl sites for hydroxylation is 2. The van der Waals surface area contributed by atoms with Crippen LogP contribution in [0.15, 0.2) is 29.6 Å². The highest BCUT2D eigenvalue weighted by atomic mass is 32.1. The van der Waals surface area contributed by atoms with E-state index in [0.29, 0.717) is 16.3 Å². The molecule has 3 rings (SSSR count). The van der Waals surface area contributed by atoms with E-state index < -0.39 is 18.0 Å². The zero-order chi connectivity index (χ0) is 18.5. The summed E-state index contributed by atoms with van der Waals surface area (Å²) >= 11 is 1.24. The topological polar surface area (TPSA) is 88.4 Å². The number of amides is 1. The molecule has 1 heterocycles. The number of ether oxygens (including phenoxy) is 2. The minimum Gasteiger partial charge on any atom is -0.482 e. The second-order valence-corrected chi connectivity index (χ2v) is 6.89. The predicted molar refractivity (Wildman–Crippen MR) is 97.2 cm³/mol. The van der Waals surface area contributed by atoms with Gasteiger partial charge in [-0.15, -0.1) is 11.3 Å². The third-order valence-electron chi connectivity index (χ3n) is 4.13. The fourth-order valence-electron chi connectivity index (χ4n) is 2.77. The molecule has 1 amide bonds. The molecule has 26 heavy (non-hydrogen) atoms. The normalized spacial score (nSPS) is 13.4. The van der Waals surface area contributed by atoms with Gasteiger partial charge in [-0.25, -0.2) is 4.79 Å². The lowest BCUT2D eigenvalue weighted by Gasteiger charge is -2.13. The number of hydrogen-bond acceptors (Lipinski definition) is 6. The molecule has 1 aliphatic carbocycles. The molecule has 0 radical (unpaired) electrons. The molecule has 0 aliphatic heterocycles. The van der Waals surface area contributed by atoms with Crippen LogP contribution in [-0.4, -0.2) is 24.6 Å². The summed E-state index contributed by atoms with van der Waals surface area (Å²) in [6.07, 6.45) is 2.27. The summed E-state index contributed by atoms with van der Waals surface area (Å²) in [5.41, 5.74) is 2.96. The van der Waals surface area contributed by atoms with Crippen LogP contribution >= 0.6 is 11.3 Å². The van der Waals surface area contributed by atoms with Crippen LogP contribution in [0.4, 0.5) is 5.00 Å². The van der Waals surface area contributed by atoms with Crippen molar-refractivity contribution in [1.82, 2.24) is 0 Å². The third kappa shape index (κ3) is 4.21. The van der Waals surface area contributed by atoms with Crippen LogP contribution in [-0.2, 0) is 27.2 Å². The van der Waals surface area contributed by atoms with Gasteiger partial charge >= 0.3 is 5.97 Å². The number of fused-ring (bicyclic) bond motifs is 1. The SMILES string of the molecule is C[C@H](OC(=O)COc1ccc2c(c1)CCC2)C(=O)Nc1sccc1C#N. The zero-order valence-corrected chi connectivity index (χ0v) is 15.1. The lowest BCUT2D eigenvalue weighted by atomic mass is 10.1. The van der Waals surface area contributed by atoms with E-state index in [4.69, 9.17) is 14.7 Å². The molecule has 0 spiro atoms. The van der Waals surface area contributed by atoms with Crippen LogP contribution in [0, 0.1) is 11.3 Å². The second-order valence-electron chi connectivity index (χ2n) is 5.97. The van der Waals surface area contributed by atoms with Crippen LogP contribution < -0.4 is 10.1 Å². The summed E-state index contributed by atoms with van der Waals surface area (Å²) in [5, 5.41) is 13.7. The van der Waals surface area contributed by atoms with Crippen molar-refractivity contribution in [2.45, 2.75) is 32.3 Å². The minimum absolute atomic E-state index is 0.265. The Bertz CT molecular complexity index is 869. The lowest BCUT2D eigenvalue weighted by Crippen LogP contribution is -2.31. The number of nitriles is 1. The maximum absolute atomic E-state index is 12.1. The van der Waals surface area contributed by atoms with E-state index in [1.807, 2.05) is 24.3 Å². The van der Waals surface area contributed by atoms with Crippen LogP contribution in [0.1, 0.15) is 30.0 Å². The fraction of sp³-hybridized carbons (Fsp3) is 0.316. The molecule has 6 nitrogen and oxygen atoms in total. The van der Waals surface area contributed by atoms with Gasteiger partial charge in [0, 0.05) is 0 Å². The highest BCUT2D eigenvalue weighted by Gasteiger charge is 2.20. The second kappa shape index (κ2) is 8.02. The maximum Gasteiger partial charge on any atom is 0.344 e. The number of hydrogen-bond donors (Lipinski definition) is 1. The van der Waals surface area contributed by atoms with Gasteiger partial charge in [0.2, 0.25) is 0 Å². The number of rotatable bonds is 6. The first kappa shape index (κ1) is 18.0. The zero-order valence-electron chi connectivity index (χ0n) is 14.3. The molecule has 1 atom stereocenters. The largest absolute Gasteiger partial charge is 0.482 e. The fourth-order valence-corrected chi connectivity index (χ4v) is 3.51. The first-order valence-electron chi connectivity index (χ1n) is 8.29. The van der Waals surface area contributed by atoms with E-state index in [1.54, 1.807) is 11.4 Å². The molecule has 0 saturated heterocycles. The monoisotopic (exact) mass is 370 g/mol. The molecular formula is C19H18N2O4S. The van der Waals surface area contributed by atoms with Crippen LogP contribution in [0.2, 0.25) is 0 Å². The standard InChI is InChI=1S/C19H18N2O4S/c1-12(18(23)21-19-15(10-20)7-8-26-19)25-17(22)11-24-16-6-5-13-3-2-4-14(13)9-16/h5-9,12H,2-4,11H2,1H3,(H,21,23)/t12-/m0/s1. The summed E-state index contributed by atoms with van der Waals surface area (Å²) in [4.78, 5) is 24.0. The smallest absolute Gasteiger partial charge is 0.344 e. The summed E-state index contributed by atoms with van der Waals surface area (Å²) in [6.45, 7) is 1.21. The van der Waals surface area contributed by atoms with E-state index in [9.17, 15) is 9.59 Å². The lowest BCUT2D eigenvalue weighted by molar-refractivity contribution is -0.155. The molecular weight excluding hydrogens is 352 g/mol. The van der Waals surface area contributed by atoms with Gasteiger partial charge in [0.15, 0.2) is 12.7 Å². The highest BCUT2D eigenvalue weighted by Crippen LogP contribution is 2.26. The Morgan fingerprint density at radius 3 is 2.92 bits per heavy atom. The number of nitrogens with one attached hydrogen (secondary N) is 1. The molecule has 0 saturated carbocycles. The van der Waals surface area contributed by atoms with Gasteiger partial charge in [0.05, 0.1) is 5.56 Å². The van der Waals surface area contributed by atoms with Crippen molar-refractivity contribution in [2.75, 3.05) is 11.9 Å². The van der Waals surface area contributed by atoms with E-state index in [2.05, 4.69) is 5.32 Å². The van der Waals surface area contributed by atoms with Crippen LogP contribution in [0.25, 0.3) is 0 Å². The van der Waals surface area contributed by atoms with E-state index in [-0.39, 0.29) is 6.61 Å². The van der Waals surface area contributed by atoms with Crippen LogP contribution in [0.5, 0.6) is 5.75 Å². The van der Waals surface area contributed by atoms with E-state index >= 15 is 0 Å².